The molecule has 0 bridgehead atoms. The number of benzene rings is 3. The summed E-state index contributed by atoms with van der Waals surface area (Å²) in [5.41, 5.74) is 5.35. The van der Waals surface area contributed by atoms with Crippen molar-refractivity contribution in [1.82, 2.24) is 0 Å². The third-order valence-electron chi connectivity index (χ3n) is 6.00. The second kappa shape index (κ2) is 8.52. The zero-order valence-electron chi connectivity index (χ0n) is 16.8. The second-order valence-electron chi connectivity index (χ2n) is 7.82. The molecule has 28 heavy (non-hydrogen) atoms. The lowest BCUT2D eigenvalue weighted by molar-refractivity contribution is 0.391. The molecule has 3 aromatic carbocycles. The maximum Gasteiger partial charge on any atom is 0.119 e. The molecule has 0 aromatic heterocycles. The number of aryl methyl sites for hydroxylation is 1. The summed E-state index contributed by atoms with van der Waals surface area (Å²) in [5, 5.41) is 0. The van der Waals surface area contributed by atoms with Gasteiger partial charge < -0.3 is 9.64 Å². The van der Waals surface area contributed by atoms with E-state index in [2.05, 4.69) is 90.7 Å². The van der Waals surface area contributed by atoms with Gasteiger partial charge in [0, 0.05) is 17.4 Å². The van der Waals surface area contributed by atoms with Crippen molar-refractivity contribution in [3.63, 3.8) is 0 Å². The Morgan fingerprint density at radius 2 is 1.32 bits per heavy atom. The van der Waals surface area contributed by atoms with E-state index in [-0.39, 0.29) is 0 Å². The molecule has 1 aliphatic carbocycles. The van der Waals surface area contributed by atoms with Crippen LogP contribution < -0.4 is 9.64 Å². The number of nitrogens with zero attached hydrogens (tertiary/aromatic N) is 1. The summed E-state index contributed by atoms with van der Waals surface area (Å²) in [4.78, 5) is 2.52. The molecule has 0 saturated heterocycles. The summed E-state index contributed by atoms with van der Waals surface area (Å²) in [6.45, 7) is 2.16. The van der Waals surface area contributed by atoms with E-state index in [0.29, 0.717) is 12.0 Å². The minimum Gasteiger partial charge on any atom is -0.497 e. The molecule has 3 aromatic rings. The first kappa shape index (κ1) is 18.6. The van der Waals surface area contributed by atoms with Crippen LogP contribution in [0, 0.1) is 6.92 Å². The van der Waals surface area contributed by atoms with Crippen LogP contribution in [0.5, 0.6) is 5.75 Å². The van der Waals surface area contributed by atoms with E-state index in [1.165, 1.54) is 48.2 Å². The lowest BCUT2D eigenvalue weighted by Gasteiger charge is -2.38. The molecule has 2 nitrogen and oxygen atoms in total. The molecule has 0 spiro atoms. The third-order valence-corrected chi connectivity index (χ3v) is 6.00. The molecular weight excluding hydrogens is 342 g/mol. The summed E-state index contributed by atoms with van der Waals surface area (Å²) < 4.78 is 5.35. The Morgan fingerprint density at radius 1 is 0.714 bits per heavy atom. The molecule has 0 aliphatic heterocycles. The fourth-order valence-electron chi connectivity index (χ4n) is 4.41. The Balaban J connectivity index is 1.55. The van der Waals surface area contributed by atoms with Crippen LogP contribution in [0.25, 0.3) is 0 Å². The predicted octanol–water partition coefficient (Wildman–Crippen LogP) is 6.87. The van der Waals surface area contributed by atoms with Crippen LogP contribution in [-0.2, 0) is 0 Å². The van der Waals surface area contributed by atoms with Crippen LogP contribution in [0.3, 0.4) is 0 Å². The fourth-order valence-corrected chi connectivity index (χ4v) is 4.41. The van der Waals surface area contributed by atoms with E-state index in [1.807, 2.05) is 0 Å². The minimum absolute atomic E-state index is 0.525. The van der Waals surface area contributed by atoms with Gasteiger partial charge in [-0.2, -0.15) is 0 Å². The first-order valence-electron chi connectivity index (χ1n) is 10.3. The van der Waals surface area contributed by atoms with Crippen LogP contribution in [0.2, 0.25) is 0 Å². The van der Waals surface area contributed by atoms with Gasteiger partial charge in [0.25, 0.3) is 0 Å². The first-order valence-corrected chi connectivity index (χ1v) is 10.3. The second-order valence-corrected chi connectivity index (χ2v) is 7.82. The highest BCUT2D eigenvalue weighted by Crippen LogP contribution is 2.39. The van der Waals surface area contributed by atoms with Crippen molar-refractivity contribution < 1.29 is 4.74 Å². The number of hydrogen-bond acceptors (Lipinski definition) is 2. The SMILES string of the molecule is COc1ccc(N(c2ccccc2)C2CCC(c3ccc(C)cc3)CC2)cc1. The van der Waals surface area contributed by atoms with Gasteiger partial charge in [0.1, 0.15) is 5.75 Å². The molecule has 0 atom stereocenters. The molecule has 0 amide bonds. The summed E-state index contributed by atoms with van der Waals surface area (Å²) in [6.07, 6.45) is 4.90. The van der Waals surface area contributed by atoms with E-state index in [0.717, 1.165) is 5.75 Å². The standard InChI is InChI=1S/C26H29NO/c1-20-8-10-21(11-9-20)22-12-14-24(15-13-22)27(23-6-4-3-5-7-23)25-16-18-26(28-2)19-17-25/h3-11,16-19,22,24H,12-15H2,1-2H3. The van der Waals surface area contributed by atoms with Crippen molar-refractivity contribution >= 4 is 11.4 Å². The van der Waals surface area contributed by atoms with Gasteiger partial charge >= 0.3 is 0 Å². The number of anilines is 2. The molecule has 4 rings (SSSR count). The molecule has 144 valence electrons. The van der Waals surface area contributed by atoms with Gasteiger partial charge in [-0.15, -0.1) is 0 Å². The maximum atomic E-state index is 5.35. The number of ether oxygens (including phenoxy) is 1. The lowest BCUT2D eigenvalue weighted by atomic mass is 9.81. The molecule has 0 radical (unpaired) electrons. The Kier molecular flexibility index (Phi) is 5.66. The Labute approximate surface area is 168 Å². The van der Waals surface area contributed by atoms with Gasteiger partial charge in [-0.25, -0.2) is 0 Å². The number of rotatable bonds is 5. The van der Waals surface area contributed by atoms with Gasteiger partial charge in [-0.1, -0.05) is 48.0 Å². The van der Waals surface area contributed by atoms with Crippen LogP contribution in [0.15, 0.2) is 78.9 Å². The van der Waals surface area contributed by atoms with E-state index >= 15 is 0 Å². The number of hydrogen-bond donors (Lipinski definition) is 0. The van der Waals surface area contributed by atoms with E-state index in [4.69, 9.17) is 4.74 Å². The zero-order valence-corrected chi connectivity index (χ0v) is 16.8. The van der Waals surface area contributed by atoms with Crippen molar-refractivity contribution in [3.8, 4) is 5.75 Å². The van der Waals surface area contributed by atoms with Gasteiger partial charge in [-0.05, 0) is 80.5 Å². The van der Waals surface area contributed by atoms with E-state index < -0.39 is 0 Å². The molecular formula is C26H29NO. The first-order chi connectivity index (χ1) is 13.7. The van der Waals surface area contributed by atoms with Crippen LogP contribution in [0.4, 0.5) is 11.4 Å². The third kappa shape index (κ3) is 4.06. The summed E-state index contributed by atoms with van der Waals surface area (Å²) in [7, 11) is 1.72. The molecule has 0 N–H and O–H groups in total. The number of methoxy groups -OCH3 is 1. The molecule has 1 saturated carbocycles. The van der Waals surface area contributed by atoms with Crippen molar-refractivity contribution in [1.29, 1.82) is 0 Å². The average Bonchev–Trinajstić information content (AvgIpc) is 2.76. The minimum atomic E-state index is 0.525. The Bertz CT molecular complexity index is 863. The normalized spacial score (nSPS) is 19.2. The highest BCUT2D eigenvalue weighted by molar-refractivity contribution is 5.65. The highest BCUT2D eigenvalue weighted by Gasteiger charge is 2.27. The smallest absolute Gasteiger partial charge is 0.119 e. The highest BCUT2D eigenvalue weighted by atomic mass is 16.5. The quantitative estimate of drug-likeness (QED) is 0.485. The van der Waals surface area contributed by atoms with Crippen LogP contribution in [-0.4, -0.2) is 13.2 Å². The van der Waals surface area contributed by atoms with Gasteiger partial charge in [0.15, 0.2) is 0 Å². The molecule has 2 heteroatoms. The topological polar surface area (TPSA) is 12.5 Å². The van der Waals surface area contributed by atoms with Gasteiger partial charge in [-0.3, -0.25) is 0 Å². The van der Waals surface area contributed by atoms with Crippen LogP contribution in [0.1, 0.15) is 42.7 Å². The molecule has 1 aliphatic rings. The molecule has 0 unspecified atom stereocenters. The van der Waals surface area contributed by atoms with Crippen molar-refractivity contribution in [2.24, 2.45) is 0 Å². The molecule has 0 heterocycles. The van der Waals surface area contributed by atoms with E-state index in [1.54, 1.807) is 7.11 Å². The van der Waals surface area contributed by atoms with Crippen LogP contribution >= 0.6 is 0 Å². The zero-order chi connectivity index (χ0) is 19.3. The monoisotopic (exact) mass is 371 g/mol. The van der Waals surface area contributed by atoms with Gasteiger partial charge in [0.05, 0.1) is 7.11 Å². The fraction of sp³-hybridized carbons (Fsp3) is 0.308. The average molecular weight is 372 g/mol. The van der Waals surface area contributed by atoms with Gasteiger partial charge in [0.2, 0.25) is 0 Å². The lowest BCUT2D eigenvalue weighted by Crippen LogP contribution is -2.34. The van der Waals surface area contributed by atoms with Crippen molar-refractivity contribution in [3.05, 3.63) is 90.0 Å². The number of para-hydroxylation sites is 1. The summed E-state index contributed by atoms with van der Waals surface area (Å²) in [5.74, 6) is 1.59. The maximum absolute atomic E-state index is 5.35. The Morgan fingerprint density at radius 3 is 1.93 bits per heavy atom. The molecule has 1 fully saturated rings. The Hall–Kier alpha value is -2.74. The van der Waals surface area contributed by atoms with Crippen molar-refractivity contribution in [2.75, 3.05) is 12.0 Å². The van der Waals surface area contributed by atoms with E-state index in [9.17, 15) is 0 Å². The largest absolute Gasteiger partial charge is 0.497 e. The predicted molar refractivity (Wildman–Crippen MR) is 118 cm³/mol. The van der Waals surface area contributed by atoms with Crippen molar-refractivity contribution in [2.45, 2.75) is 44.6 Å². The summed E-state index contributed by atoms with van der Waals surface area (Å²) in [6, 6.07) is 28.9. The summed E-state index contributed by atoms with van der Waals surface area (Å²) >= 11 is 0.